The Labute approximate surface area is 150 Å². The molecule has 6 heteroatoms. The molecular formula is C18H40NO4S+. The van der Waals surface area contributed by atoms with E-state index in [0.717, 1.165) is 19.4 Å². The van der Waals surface area contributed by atoms with Crippen LogP contribution in [0.25, 0.3) is 0 Å². The molecule has 24 heavy (non-hydrogen) atoms. The molecule has 0 aromatic heterocycles. The Kier molecular flexibility index (Phi) is 13.0. The predicted octanol–water partition coefficient (Wildman–Crippen LogP) is 4.93. The molecule has 0 saturated heterocycles. The number of unbranched alkanes of at least 4 members (excludes halogenated alkanes) is 11. The van der Waals surface area contributed by atoms with Crippen molar-refractivity contribution in [3.8, 4) is 0 Å². The third-order valence-corrected chi connectivity index (χ3v) is 5.35. The van der Waals surface area contributed by atoms with E-state index in [0.29, 0.717) is 4.48 Å². The molecule has 0 saturated carbocycles. The van der Waals surface area contributed by atoms with E-state index in [1.807, 2.05) is 14.1 Å². The van der Waals surface area contributed by atoms with Gasteiger partial charge in [0.05, 0.1) is 20.6 Å². The lowest BCUT2D eigenvalue weighted by Crippen LogP contribution is -2.49. The summed E-state index contributed by atoms with van der Waals surface area (Å²) in [5.74, 6) is 0. The fraction of sp³-hybridized carbons (Fsp3) is 1.00. The minimum atomic E-state index is -4.38. The van der Waals surface area contributed by atoms with Crippen LogP contribution in [0.3, 0.4) is 0 Å². The van der Waals surface area contributed by atoms with Gasteiger partial charge in [-0.15, -0.1) is 0 Å². The zero-order chi connectivity index (χ0) is 18.5. The van der Waals surface area contributed by atoms with Gasteiger partial charge in [-0.2, -0.15) is 12.6 Å². The summed E-state index contributed by atoms with van der Waals surface area (Å²) in [4.78, 5) is 0. The summed E-state index contributed by atoms with van der Waals surface area (Å²) in [7, 11) is -0.528. The molecule has 1 unspecified atom stereocenters. The first-order chi connectivity index (χ1) is 11.2. The molecule has 0 aliphatic carbocycles. The average molecular weight is 367 g/mol. The molecule has 0 aliphatic heterocycles. The van der Waals surface area contributed by atoms with Crippen molar-refractivity contribution < 1.29 is 21.6 Å². The first-order valence-electron chi connectivity index (χ1n) is 9.67. The molecule has 0 aromatic carbocycles. The monoisotopic (exact) mass is 366 g/mol. The second-order valence-electron chi connectivity index (χ2n) is 7.51. The van der Waals surface area contributed by atoms with Crippen LogP contribution in [0, 0.1) is 0 Å². The van der Waals surface area contributed by atoms with Gasteiger partial charge in [0.2, 0.25) is 6.23 Å². The van der Waals surface area contributed by atoms with Gasteiger partial charge < -0.3 is 4.48 Å². The van der Waals surface area contributed by atoms with E-state index in [4.69, 9.17) is 4.55 Å². The minimum Gasteiger partial charge on any atom is -0.303 e. The van der Waals surface area contributed by atoms with Crippen LogP contribution in [0.15, 0.2) is 0 Å². The maximum absolute atomic E-state index is 10.8. The van der Waals surface area contributed by atoms with Crippen molar-refractivity contribution in [3.05, 3.63) is 0 Å². The fourth-order valence-corrected chi connectivity index (χ4v) is 3.42. The van der Waals surface area contributed by atoms with Gasteiger partial charge in [-0.1, -0.05) is 71.1 Å². The smallest absolute Gasteiger partial charge is 0.303 e. The van der Waals surface area contributed by atoms with Crippen LogP contribution in [0.2, 0.25) is 0 Å². The summed E-state index contributed by atoms with van der Waals surface area (Å²) >= 11 is 0. The summed E-state index contributed by atoms with van der Waals surface area (Å²) in [5, 5.41) is 0. The van der Waals surface area contributed by atoms with Gasteiger partial charge in [-0.05, 0) is 12.8 Å². The summed E-state index contributed by atoms with van der Waals surface area (Å²) in [6.07, 6.45) is 15.1. The molecule has 0 fully saturated rings. The quantitative estimate of drug-likeness (QED) is 0.182. The van der Waals surface area contributed by atoms with Crippen molar-refractivity contribution in [3.63, 3.8) is 0 Å². The zero-order valence-electron chi connectivity index (χ0n) is 16.3. The second-order valence-corrected chi connectivity index (χ2v) is 8.56. The molecule has 0 aliphatic rings. The molecule has 1 atom stereocenters. The van der Waals surface area contributed by atoms with Gasteiger partial charge in [0.25, 0.3) is 0 Å². The van der Waals surface area contributed by atoms with Gasteiger partial charge in [0.1, 0.15) is 0 Å². The summed E-state index contributed by atoms with van der Waals surface area (Å²) < 4.78 is 35.4. The molecule has 0 amide bonds. The highest BCUT2D eigenvalue weighted by Gasteiger charge is 2.28. The Morgan fingerprint density at radius 3 is 1.58 bits per heavy atom. The number of nitrogens with zero attached hydrogens (tertiary/aromatic N) is 1. The van der Waals surface area contributed by atoms with E-state index < -0.39 is 16.6 Å². The Hall–Kier alpha value is -0.170. The van der Waals surface area contributed by atoms with Gasteiger partial charge >= 0.3 is 10.4 Å². The highest BCUT2D eigenvalue weighted by atomic mass is 32.3. The summed E-state index contributed by atoms with van der Waals surface area (Å²) in [6, 6.07) is 0. The van der Waals surface area contributed by atoms with Crippen LogP contribution in [0.1, 0.15) is 90.9 Å². The lowest BCUT2D eigenvalue weighted by atomic mass is 10.1. The number of quaternary nitrogens is 1. The normalized spacial score (nSPS) is 14.0. The highest BCUT2D eigenvalue weighted by molar-refractivity contribution is 7.80. The molecule has 5 nitrogen and oxygen atoms in total. The van der Waals surface area contributed by atoms with Crippen LogP contribution in [-0.2, 0) is 14.6 Å². The standard InChI is InChI=1S/C18H39NO4S/c1-5-6-7-8-9-10-11-12-13-14-15-16-17-19(3,4)18(2)23-24(20,21)22/h18H,5-17H2,1-4H3/p+1. The third kappa shape index (κ3) is 14.2. The Morgan fingerprint density at radius 1 is 0.833 bits per heavy atom. The van der Waals surface area contributed by atoms with Gasteiger partial charge in [0.15, 0.2) is 0 Å². The van der Waals surface area contributed by atoms with Crippen LogP contribution in [0.4, 0.5) is 0 Å². The van der Waals surface area contributed by atoms with Crippen molar-refractivity contribution in [1.82, 2.24) is 0 Å². The number of hydrogen-bond acceptors (Lipinski definition) is 3. The minimum absolute atomic E-state index is 0.428. The van der Waals surface area contributed by atoms with Crippen LogP contribution in [0.5, 0.6) is 0 Å². The van der Waals surface area contributed by atoms with Crippen molar-refractivity contribution in [2.45, 2.75) is 97.1 Å². The van der Waals surface area contributed by atoms with E-state index in [9.17, 15) is 8.42 Å². The van der Waals surface area contributed by atoms with Crippen LogP contribution < -0.4 is 0 Å². The molecule has 0 heterocycles. The molecule has 0 rings (SSSR count). The predicted molar refractivity (Wildman–Crippen MR) is 100 cm³/mol. The van der Waals surface area contributed by atoms with Crippen molar-refractivity contribution in [2.75, 3.05) is 20.6 Å². The van der Waals surface area contributed by atoms with Crippen LogP contribution in [-0.4, -0.2) is 44.3 Å². The molecule has 0 spiro atoms. The van der Waals surface area contributed by atoms with E-state index in [1.165, 1.54) is 64.2 Å². The molecule has 1 N–H and O–H groups in total. The lowest BCUT2D eigenvalue weighted by Gasteiger charge is -2.34. The van der Waals surface area contributed by atoms with Gasteiger partial charge in [-0.3, -0.25) is 4.55 Å². The average Bonchev–Trinajstić information content (AvgIpc) is 2.46. The topological polar surface area (TPSA) is 63.6 Å². The first kappa shape index (κ1) is 23.8. The molecular weight excluding hydrogens is 326 g/mol. The SMILES string of the molecule is CCCCCCCCCCCCCC[N+](C)(C)C(C)OS(=O)(=O)O. The molecule has 0 aromatic rings. The largest absolute Gasteiger partial charge is 0.402 e. The molecule has 0 bridgehead atoms. The van der Waals surface area contributed by atoms with E-state index in [2.05, 4.69) is 11.1 Å². The Balaban J connectivity index is 3.55. The Bertz CT molecular complexity index is 396. The van der Waals surface area contributed by atoms with Gasteiger partial charge in [-0.25, -0.2) is 0 Å². The number of rotatable bonds is 16. The lowest BCUT2D eigenvalue weighted by molar-refractivity contribution is -0.931. The number of hydrogen-bond donors (Lipinski definition) is 1. The zero-order valence-corrected chi connectivity index (χ0v) is 17.1. The summed E-state index contributed by atoms with van der Waals surface area (Å²) in [6.45, 7) is 4.77. The van der Waals surface area contributed by atoms with Crippen LogP contribution >= 0.6 is 0 Å². The maximum atomic E-state index is 10.8. The van der Waals surface area contributed by atoms with Crippen molar-refractivity contribution in [1.29, 1.82) is 0 Å². The highest BCUT2D eigenvalue weighted by Crippen LogP contribution is 2.15. The van der Waals surface area contributed by atoms with Gasteiger partial charge in [0, 0.05) is 6.92 Å². The first-order valence-corrected chi connectivity index (χ1v) is 11.0. The fourth-order valence-electron chi connectivity index (χ4n) is 2.83. The van der Waals surface area contributed by atoms with Crippen molar-refractivity contribution >= 4 is 10.4 Å². The van der Waals surface area contributed by atoms with E-state index in [1.54, 1.807) is 6.92 Å². The Morgan fingerprint density at radius 2 is 1.21 bits per heavy atom. The maximum Gasteiger partial charge on any atom is 0.402 e. The van der Waals surface area contributed by atoms with E-state index in [-0.39, 0.29) is 0 Å². The second kappa shape index (κ2) is 13.1. The molecule has 0 radical (unpaired) electrons. The molecule has 146 valence electrons. The summed E-state index contributed by atoms with van der Waals surface area (Å²) in [5.41, 5.74) is 0. The third-order valence-electron chi connectivity index (χ3n) is 4.83. The van der Waals surface area contributed by atoms with E-state index >= 15 is 0 Å². The van der Waals surface area contributed by atoms with Crippen molar-refractivity contribution in [2.24, 2.45) is 0 Å².